The van der Waals surface area contributed by atoms with Crippen LogP contribution in [-0.2, 0) is 24.3 Å². The third kappa shape index (κ3) is 5.02. The highest BCUT2D eigenvalue weighted by molar-refractivity contribution is 7.89. The van der Waals surface area contributed by atoms with Crippen molar-refractivity contribution in [1.29, 1.82) is 0 Å². The van der Waals surface area contributed by atoms with E-state index in [0.29, 0.717) is 48.4 Å². The molecule has 11 heteroatoms. The van der Waals surface area contributed by atoms with Crippen LogP contribution in [0.15, 0.2) is 53.4 Å². The highest BCUT2D eigenvalue weighted by atomic mass is 32.2. The molecule has 0 spiro atoms. The number of aromatic nitrogens is 1. The quantitative estimate of drug-likeness (QED) is 0.475. The number of hydrogen-bond acceptors (Lipinski definition) is 8. The molecule has 2 aliphatic heterocycles. The Morgan fingerprint density at radius 2 is 1.77 bits per heavy atom. The van der Waals surface area contributed by atoms with Gasteiger partial charge in [0.2, 0.25) is 10.0 Å². The Morgan fingerprint density at radius 1 is 1.03 bits per heavy atom. The number of carbonyl (C=O) groups excluding carboxylic acids is 2. The van der Waals surface area contributed by atoms with Gasteiger partial charge in [-0.15, -0.1) is 0 Å². The average molecular weight is 556 g/mol. The number of para-hydroxylation sites is 1. The van der Waals surface area contributed by atoms with Gasteiger partial charge in [0.1, 0.15) is 11.6 Å². The Hall–Kier alpha value is -3.41. The van der Waals surface area contributed by atoms with Crippen LogP contribution in [0.3, 0.4) is 0 Å². The van der Waals surface area contributed by atoms with E-state index in [-0.39, 0.29) is 11.4 Å². The Bertz CT molecular complexity index is 1540. The maximum atomic E-state index is 13.7. The number of ether oxygens (including phenoxy) is 2. The molecular weight excluding hydrogens is 522 g/mol. The summed E-state index contributed by atoms with van der Waals surface area (Å²) in [5.74, 6) is -0.599. The Kier molecular flexibility index (Phi) is 6.94. The maximum Gasteiger partial charge on any atom is 0.419 e. The van der Waals surface area contributed by atoms with Crippen molar-refractivity contribution >= 4 is 38.7 Å². The van der Waals surface area contributed by atoms with Crippen LogP contribution < -0.4 is 4.90 Å². The number of esters is 1. The standard InChI is InChI=1S/C28H33N3O7S/c1-28(2,3)38-27(34)31-22-8-6-5-7-18(22)15-25(31)21-16-20(9-10-23(21)29-13-11-19(32)17-29)39(35,36)30-14-12-24(30)26(33)37-4/h5-10,15-16,19,24,32H,11-14,17H2,1-4H3/t19-,24-/m0/s1. The summed E-state index contributed by atoms with van der Waals surface area (Å²) in [6, 6.07) is 13.1. The zero-order chi connectivity index (χ0) is 28.1. The number of sulfonamides is 1. The normalized spacial score (nSPS) is 20.2. The first-order valence-corrected chi connectivity index (χ1v) is 14.4. The number of rotatable bonds is 5. The molecule has 3 aromatic rings. The molecule has 1 N–H and O–H groups in total. The van der Waals surface area contributed by atoms with Crippen molar-refractivity contribution in [3.63, 3.8) is 0 Å². The lowest BCUT2D eigenvalue weighted by atomic mass is 10.1. The van der Waals surface area contributed by atoms with Gasteiger partial charge in [0.05, 0.1) is 29.3 Å². The SMILES string of the molecule is COC(=O)[C@@H]1CCN1S(=O)(=O)c1ccc(N2CC[C@H](O)C2)c(-c2cc3ccccc3n2C(=O)OC(C)(C)C)c1. The summed E-state index contributed by atoms with van der Waals surface area (Å²) in [7, 11) is -2.81. The molecule has 1 aromatic heterocycles. The average Bonchev–Trinajstić information content (AvgIpc) is 3.45. The molecule has 3 heterocycles. The first kappa shape index (κ1) is 27.2. The highest BCUT2D eigenvalue weighted by Crippen LogP contribution is 2.39. The third-order valence-corrected chi connectivity index (χ3v) is 8.99. The second-order valence-electron chi connectivity index (χ2n) is 10.9. The van der Waals surface area contributed by atoms with Crippen LogP contribution in [0.4, 0.5) is 10.5 Å². The molecule has 0 saturated carbocycles. The van der Waals surface area contributed by atoms with Crippen molar-refractivity contribution in [3.05, 3.63) is 48.5 Å². The van der Waals surface area contributed by atoms with Gasteiger partial charge in [-0.1, -0.05) is 18.2 Å². The minimum Gasteiger partial charge on any atom is -0.468 e. The predicted octanol–water partition coefficient (Wildman–Crippen LogP) is 3.60. The fourth-order valence-corrected chi connectivity index (χ4v) is 6.78. The first-order valence-electron chi connectivity index (χ1n) is 12.9. The molecule has 2 aromatic carbocycles. The molecule has 10 nitrogen and oxygen atoms in total. The van der Waals surface area contributed by atoms with Gasteiger partial charge in [-0.2, -0.15) is 4.31 Å². The fourth-order valence-electron chi connectivity index (χ4n) is 5.13. The summed E-state index contributed by atoms with van der Waals surface area (Å²) in [5.41, 5.74) is 1.52. The van der Waals surface area contributed by atoms with E-state index in [9.17, 15) is 23.1 Å². The molecule has 2 aliphatic rings. The smallest absolute Gasteiger partial charge is 0.419 e. The molecular formula is C28H33N3O7S. The van der Waals surface area contributed by atoms with E-state index in [1.807, 2.05) is 35.2 Å². The number of carbonyl (C=O) groups is 2. The van der Waals surface area contributed by atoms with Crippen molar-refractivity contribution in [1.82, 2.24) is 8.87 Å². The molecule has 208 valence electrons. The summed E-state index contributed by atoms with van der Waals surface area (Å²) in [5, 5.41) is 11.0. The second kappa shape index (κ2) is 9.96. The lowest BCUT2D eigenvalue weighted by Crippen LogP contribution is -2.55. The molecule has 2 saturated heterocycles. The lowest BCUT2D eigenvalue weighted by molar-refractivity contribution is -0.148. The molecule has 0 amide bonds. The van der Waals surface area contributed by atoms with Gasteiger partial charge in [-0.3, -0.25) is 4.79 Å². The molecule has 0 unspecified atom stereocenters. The zero-order valence-electron chi connectivity index (χ0n) is 22.5. The minimum absolute atomic E-state index is 0.00408. The van der Waals surface area contributed by atoms with E-state index in [1.54, 1.807) is 26.8 Å². The summed E-state index contributed by atoms with van der Waals surface area (Å²) < 4.78 is 40.5. The Morgan fingerprint density at radius 3 is 2.38 bits per heavy atom. The minimum atomic E-state index is -4.04. The molecule has 0 bridgehead atoms. The zero-order valence-corrected chi connectivity index (χ0v) is 23.3. The molecule has 0 aliphatic carbocycles. The monoisotopic (exact) mass is 555 g/mol. The van der Waals surface area contributed by atoms with E-state index in [1.165, 1.54) is 23.8 Å². The summed E-state index contributed by atoms with van der Waals surface area (Å²) in [6.45, 7) is 6.50. The second-order valence-corrected chi connectivity index (χ2v) is 12.8. The van der Waals surface area contributed by atoms with Gasteiger partial charge in [0, 0.05) is 36.3 Å². The number of methoxy groups -OCH3 is 1. The highest BCUT2D eigenvalue weighted by Gasteiger charge is 2.44. The van der Waals surface area contributed by atoms with Gasteiger partial charge < -0.3 is 19.5 Å². The van der Waals surface area contributed by atoms with Crippen LogP contribution in [0.25, 0.3) is 22.2 Å². The van der Waals surface area contributed by atoms with Crippen molar-refractivity contribution < 1.29 is 32.6 Å². The maximum absolute atomic E-state index is 13.7. The van der Waals surface area contributed by atoms with Crippen molar-refractivity contribution in [2.75, 3.05) is 31.6 Å². The van der Waals surface area contributed by atoms with Crippen LogP contribution in [0.1, 0.15) is 33.6 Å². The van der Waals surface area contributed by atoms with Crippen LogP contribution >= 0.6 is 0 Å². The number of nitrogens with zero attached hydrogens (tertiary/aromatic N) is 3. The van der Waals surface area contributed by atoms with Gasteiger partial charge >= 0.3 is 12.1 Å². The summed E-state index contributed by atoms with van der Waals surface area (Å²) >= 11 is 0. The largest absolute Gasteiger partial charge is 0.468 e. The Balaban J connectivity index is 1.69. The number of aliphatic hydroxyl groups excluding tert-OH is 1. The summed E-state index contributed by atoms with van der Waals surface area (Å²) in [4.78, 5) is 27.6. The molecule has 2 fully saturated rings. The number of β-amino-alcohol motifs (C(OH)–C–C–N with tert-alkyl or cyclic N) is 1. The van der Waals surface area contributed by atoms with Gasteiger partial charge in [-0.05, 0) is 63.9 Å². The van der Waals surface area contributed by atoms with Crippen molar-refractivity contribution in [3.8, 4) is 11.3 Å². The molecule has 2 atom stereocenters. The number of benzene rings is 2. The number of hydrogen-bond donors (Lipinski definition) is 1. The van der Waals surface area contributed by atoms with Crippen LogP contribution in [-0.4, -0.2) is 79.0 Å². The number of aliphatic hydroxyl groups is 1. The molecule has 39 heavy (non-hydrogen) atoms. The van der Waals surface area contributed by atoms with Crippen molar-refractivity contribution in [2.45, 2.75) is 56.3 Å². The van der Waals surface area contributed by atoms with Gasteiger partial charge in [0.25, 0.3) is 0 Å². The van der Waals surface area contributed by atoms with E-state index in [0.717, 1.165) is 9.69 Å². The topological polar surface area (TPSA) is 118 Å². The van der Waals surface area contributed by atoms with Crippen LogP contribution in [0, 0.1) is 0 Å². The predicted molar refractivity (Wildman–Crippen MR) is 146 cm³/mol. The Labute approximate surface area is 227 Å². The van der Waals surface area contributed by atoms with E-state index in [2.05, 4.69) is 0 Å². The third-order valence-electron chi connectivity index (χ3n) is 7.09. The molecule has 0 radical (unpaired) electrons. The molecule has 5 rings (SSSR count). The van der Waals surface area contributed by atoms with Crippen LogP contribution in [0.2, 0.25) is 0 Å². The van der Waals surface area contributed by atoms with Gasteiger partial charge in [-0.25, -0.2) is 17.8 Å². The number of anilines is 1. The first-order chi connectivity index (χ1) is 18.4. The van der Waals surface area contributed by atoms with Gasteiger partial charge in [0.15, 0.2) is 0 Å². The number of fused-ring (bicyclic) bond motifs is 1. The lowest BCUT2D eigenvalue weighted by Gasteiger charge is -2.37. The summed E-state index contributed by atoms with van der Waals surface area (Å²) in [6.07, 6.45) is -0.147. The van der Waals surface area contributed by atoms with Crippen molar-refractivity contribution in [2.24, 2.45) is 0 Å². The van der Waals surface area contributed by atoms with E-state index in [4.69, 9.17) is 9.47 Å². The van der Waals surface area contributed by atoms with Crippen LogP contribution in [0.5, 0.6) is 0 Å². The fraction of sp³-hybridized carbons (Fsp3) is 0.429. The van der Waals surface area contributed by atoms with E-state index < -0.39 is 39.8 Å². The van der Waals surface area contributed by atoms with E-state index >= 15 is 0 Å².